The van der Waals surface area contributed by atoms with Gasteiger partial charge in [0, 0.05) is 19.2 Å². The molecule has 7 heteroatoms. The topological polar surface area (TPSA) is 79.8 Å². The van der Waals surface area contributed by atoms with Crippen LogP contribution in [0.4, 0.5) is 0 Å². The Morgan fingerprint density at radius 3 is 2.68 bits per heavy atom. The van der Waals surface area contributed by atoms with Crippen LogP contribution in [0, 0.1) is 0 Å². The molecular formula is C15H20N2O4S. The van der Waals surface area contributed by atoms with E-state index in [-0.39, 0.29) is 17.6 Å². The number of aliphatic hydroxyl groups is 1. The van der Waals surface area contributed by atoms with Crippen molar-refractivity contribution in [2.24, 2.45) is 0 Å². The lowest BCUT2D eigenvalue weighted by molar-refractivity contribution is -0.115. The molecular weight excluding hydrogens is 304 g/mol. The summed E-state index contributed by atoms with van der Waals surface area (Å²) < 4.78 is 10.3. The van der Waals surface area contributed by atoms with Gasteiger partial charge in [-0.2, -0.15) is 0 Å². The Kier molecular flexibility index (Phi) is 7.95. The van der Waals surface area contributed by atoms with Gasteiger partial charge in [0.05, 0.1) is 14.2 Å². The van der Waals surface area contributed by atoms with Crippen molar-refractivity contribution < 1.29 is 19.4 Å². The molecule has 1 rings (SSSR count). The number of ether oxygens (including phenoxy) is 2. The van der Waals surface area contributed by atoms with Gasteiger partial charge in [-0.05, 0) is 42.4 Å². The first kappa shape index (κ1) is 17.9. The fourth-order valence-electron chi connectivity index (χ4n) is 1.61. The van der Waals surface area contributed by atoms with Crippen molar-refractivity contribution >= 4 is 29.3 Å². The number of hydrogen-bond donors (Lipinski definition) is 3. The first-order valence-corrected chi connectivity index (χ1v) is 7.11. The number of thiocarbonyl (C=S) groups is 1. The van der Waals surface area contributed by atoms with E-state index in [0.717, 1.165) is 5.56 Å². The number of hydrogen-bond acceptors (Lipinski definition) is 5. The van der Waals surface area contributed by atoms with Crippen LogP contribution < -0.4 is 20.1 Å². The number of methoxy groups -OCH3 is 2. The average molecular weight is 324 g/mol. The van der Waals surface area contributed by atoms with Crippen LogP contribution in [0.3, 0.4) is 0 Å². The average Bonchev–Trinajstić information content (AvgIpc) is 2.52. The number of aliphatic hydroxyl groups excluding tert-OH is 1. The fraction of sp³-hybridized carbons (Fsp3) is 0.333. The van der Waals surface area contributed by atoms with Gasteiger partial charge in [0.1, 0.15) is 0 Å². The van der Waals surface area contributed by atoms with Crippen molar-refractivity contribution in [2.45, 2.75) is 6.42 Å². The zero-order chi connectivity index (χ0) is 16.4. The summed E-state index contributed by atoms with van der Waals surface area (Å²) in [6.07, 6.45) is 3.59. The third-order valence-corrected chi connectivity index (χ3v) is 2.94. The second kappa shape index (κ2) is 9.75. The second-order valence-electron chi connectivity index (χ2n) is 4.27. The maximum absolute atomic E-state index is 11.7. The van der Waals surface area contributed by atoms with Gasteiger partial charge in [0.2, 0.25) is 5.91 Å². The molecule has 22 heavy (non-hydrogen) atoms. The molecule has 0 saturated carbocycles. The number of rotatable bonds is 7. The number of nitrogens with one attached hydrogen (secondary N) is 2. The molecule has 0 radical (unpaired) electrons. The molecule has 0 fully saturated rings. The van der Waals surface area contributed by atoms with Gasteiger partial charge in [-0.1, -0.05) is 6.07 Å². The lowest BCUT2D eigenvalue weighted by Gasteiger charge is -2.08. The molecule has 1 amide bonds. The van der Waals surface area contributed by atoms with Gasteiger partial charge >= 0.3 is 0 Å². The Bertz CT molecular complexity index is 546. The van der Waals surface area contributed by atoms with Gasteiger partial charge in [0.15, 0.2) is 16.6 Å². The standard InChI is InChI=1S/C15H20N2O4S/c1-20-12-6-4-11(10-13(12)21-2)5-7-14(19)17-15(22)16-8-3-9-18/h4-7,10,18H,3,8-9H2,1-2H3,(H2,16,17,19,22)/b7-5+. The van der Waals surface area contributed by atoms with E-state index in [0.29, 0.717) is 24.5 Å². The van der Waals surface area contributed by atoms with E-state index >= 15 is 0 Å². The molecule has 0 aliphatic heterocycles. The lowest BCUT2D eigenvalue weighted by atomic mass is 10.2. The van der Waals surface area contributed by atoms with Crippen molar-refractivity contribution in [3.05, 3.63) is 29.8 Å². The van der Waals surface area contributed by atoms with Crippen LogP contribution in [0.25, 0.3) is 6.08 Å². The van der Waals surface area contributed by atoms with Crippen LogP contribution in [-0.2, 0) is 4.79 Å². The molecule has 0 aromatic heterocycles. The molecule has 0 aliphatic carbocycles. The molecule has 120 valence electrons. The highest BCUT2D eigenvalue weighted by Gasteiger charge is 2.04. The van der Waals surface area contributed by atoms with Crippen LogP contribution in [0.15, 0.2) is 24.3 Å². The van der Waals surface area contributed by atoms with Crippen molar-refractivity contribution in [1.29, 1.82) is 0 Å². The van der Waals surface area contributed by atoms with E-state index < -0.39 is 0 Å². The Hall–Kier alpha value is -2.12. The predicted molar refractivity (Wildman–Crippen MR) is 89.0 cm³/mol. The molecule has 0 unspecified atom stereocenters. The Morgan fingerprint density at radius 1 is 1.32 bits per heavy atom. The summed E-state index contributed by atoms with van der Waals surface area (Å²) >= 11 is 4.95. The summed E-state index contributed by atoms with van der Waals surface area (Å²) in [5.74, 6) is 0.876. The number of benzene rings is 1. The van der Waals surface area contributed by atoms with Crippen LogP contribution in [-0.4, -0.2) is 43.5 Å². The zero-order valence-electron chi connectivity index (χ0n) is 12.6. The first-order chi connectivity index (χ1) is 10.6. The number of carbonyl (C=O) groups is 1. The Morgan fingerprint density at radius 2 is 2.05 bits per heavy atom. The summed E-state index contributed by atoms with van der Waals surface area (Å²) in [4.78, 5) is 11.7. The molecule has 1 aromatic carbocycles. The highest BCUT2D eigenvalue weighted by Crippen LogP contribution is 2.27. The minimum Gasteiger partial charge on any atom is -0.493 e. The Balaban J connectivity index is 2.56. The summed E-state index contributed by atoms with van der Waals surface area (Å²) in [6.45, 7) is 0.581. The first-order valence-electron chi connectivity index (χ1n) is 6.70. The van der Waals surface area contributed by atoms with Gasteiger partial charge in [-0.15, -0.1) is 0 Å². The van der Waals surface area contributed by atoms with Gasteiger partial charge < -0.3 is 19.9 Å². The van der Waals surface area contributed by atoms with E-state index in [1.165, 1.54) is 6.08 Å². The molecule has 6 nitrogen and oxygen atoms in total. The lowest BCUT2D eigenvalue weighted by Crippen LogP contribution is -2.38. The minimum absolute atomic E-state index is 0.0722. The van der Waals surface area contributed by atoms with Crippen molar-refractivity contribution in [1.82, 2.24) is 10.6 Å². The van der Waals surface area contributed by atoms with Gasteiger partial charge in [-0.3, -0.25) is 10.1 Å². The molecule has 0 saturated heterocycles. The summed E-state index contributed by atoms with van der Waals surface area (Å²) in [5.41, 5.74) is 0.798. The van der Waals surface area contributed by atoms with E-state index in [1.54, 1.807) is 32.4 Å². The predicted octanol–water partition coefficient (Wildman–Crippen LogP) is 1.09. The molecule has 0 spiro atoms. The molecule has 0 heterocycles. The van der Waals surface area contributed by atoms with Crippen LogP contribution in [0.1, 0.15) is 12.0 Å². The molecule has 0 aliphatic rings. The van der Waals surface area contributed by atoms with Crippen molar-refractivity contribution in [3.8, 4) is 11.5 Å². The normalized spacial score (nSPS) is 10.3. The van der Waals surface area contributed by atoms with Crippen LogP contribution in [0.2, 0.25) is 0 Å². The van der Waals surface area contributed by atoms with Gasteiger partial charge in [-0.25, -0.2) is 0 Å². The third kappa shape index (κ3) is 6.11. The summed E-state index contributed by atoms with van der Waals surface area (Å²) in [5, 5.41) is 14.2. The fourth-order valence-corrected chi connectivity index (χ4v) is 1.81. The Labute approximate surface area is 135 Å². The zero-order valence-corrected chi connectivity index (χ0v) is 13.4. The monoisotopic (exact) mass is 324 g/mol. The van der Waals surface area contributed by atoms with Gasteiger partial charge in [0.25, 0.3) is 0 Å². The van der Waals surface area contributed by atoms with Crippen molar-refractivity contribution in [2.75, 3.05) is 27.4 Å². The molecule has 0 atom stereocenters. The highest BCUT2D eigenvalue weighted by molar-refractivity contribution is 7.80. The minimum atomic E-state index is -0.337. The number of amides is 1. The maximum atomic E-state index is 11.7. The second-order valence-corrected chi connectivity index (χ2v) is 4.68. The van der Waals surface area contributed by atoms with Crippen LogP contribution >= 0.6 is 12.2 Å². The highest BCUT2D eigenvalue weighted by atomic mass is 32.1. The summed E-state index contributed by atoms with van der Waals surface area (Å²) in [6, 6.07) is 5.33. The van der Waals surface area contributed by atoms with E-state index in [9.17, 15) is 4.79 Å². The summed E-state index contributed by atoms with van der Waals surface area (Å²) in [7, 11) is 3.11. The quantitative estimate of drug-likeness (QED) is 0.396. The smallest absolute Gasteiger partial charge is 0.250 e. The number of carbonyl (C=O) groups excluding carboxylic acids is 1. The molecule has 3 N–H and O–H groups in total. The van der Waals surface area contributed by atoms with E-state index in [2.05, 4.69) is 10.6 Å². The van der Waals surface area contributed by atoms with Crippen molar-refractivity contribution in [3.63, 3.8) is 0 Å². The third-order valence-electron chi connectivity index (χ3n) is 2.69. The maximum Gasteiger partial charge on any atom is 0.250 e. The SMILES string of the molecule is COc1ccc(/C=C/C(=O)NC(=S)NCCCO)cc1OC. The van der Waals surface area contributed by atoms with Crippen LogP contribution in [0.5, 0.6) is 11.5 Å². The largest absolute Gasteiger partial charge is 0.493 e. The molecule has 1 aromatic rings. The van der Waals surface area contributed by atoms with E-state index in [1.807, 2.05) is 6.07 Å². The molecule has 0 bridgehead atoms. The van der Waals surface area contributed by atoms with E-state index in [4.69, 9.17) is 26.8 Å².